The minimum atomic E-state index is -0.241. The van der Waals surface area contributed by atoms with Gasteiger partial charge < -0.3 is 4.90 Å². The van der Waals surface area contributed by atoms with Crippen LogP contribution in [0.25, 0.3) is 0 Å². The van der Waals surface area contributed by atoms with Crippen molar-refractivity contribution in [1.29, 1.82) is 0 Å². The summed E-state index contributed by atoms with van der Waals surface area (Å²) >= 11 is 0. The van der Waals surface area contributed by atoms with Crippen molar-refractivity contribution in [2.75, 3.05) is 13.1 Å². The molecule has 0 aliphatic carbocycles. The normalized spacial score (nSPS) is 26.2. The molecular formula is C13H27N2O. The van der Waals surface area contributed by atoms with Gasteiger partial charge in [0, 0.05) is 17.1 Å². The monoisotopic (exact) mass is 227 g/mol. The van der Waals surface area contributed by atoms with Crippen molar-refractivity contribution in [3.8, 4) is 0 Å². The minimum Gasteiger partial charge on any atom is -0.301 e. The molecule has 16 heavy (non-hydrogen) atoms. The Morgan fingerprint density at radius 3 is 1.75 bits per heavy atom. The molecule has 1 heterocycles. The molecule has 1 radical (unpaired) electrons. The lowest BCUT2D eigenvalue weighted by Gasteiger charge is -2.52. The summed E-state index contributed by atoms with van der Waals surface area (Å²) in [6.07, 6.45) is 1.95. The third-order valence-electron chi connectivity index (χ3n) is 3.90. The maximum Gasteiger partial charge on any atom is 0.0458 e. The number of nitrogens with zero attached hydrogens (tertiary/aromatic N) is 2. The van der Waals surface area contributed by atoms with Crippen molar-refractivity contribution in [3.63, 3.8) is 0 Å². The zero-order valence-electron chi connectivity index (χ0n) is 11.7. The first-order valence-electron chi connectivity index (χ1n) is 6.46. The zero-order valence-corrected chi connectivity index (χ0v) is 11.7. The summed E-state index contributed by atoms with van der Waals surface area (Å²) in [6.45, 7) is 14.8. The third kappa shape index (κ3) is 2.58. The molecule has 1 rings (SSSR count). The highest BCUT2D eigenvalue weighted by molar-refractivity contribution is 4.99. The average Bonchev–Trinajstić information content (AvgIpc) is 2.15. The number of hydrogen-bond donors (Lipinski definition) is 0. The van der Waals surface area contributed by atoms with Gasteiger partial charge in [-0.15, -0.1) is 10.3 Å². The van der Waals surface area contributed by atoms with E-state index in [4.69, 9.17) is 0 Å². The third-order valence-corrected chi connectivity index (χ3v) is 3.90. The molecule has 0 atom stereocenters. The molecule has 0 N–H and O–H groups in total. The molecule has 0 aromatic carbocycles. The molecule has 1 saturated heterocycles. The highest BCUT2D eigenvalue weighted by Gasteiger charge is 2.47. The van der Waals surface area contributed by atoms with Gasteiger partial charge in [-0.3, -0.25) is 0 Å². The molecule has 0 aromatic heterocycles. The van der Waals surface area contributed by atoms with E-state index in [1.54, 1.807) is 0 Å². The summed E-state index contributed by atoms with van der Waals surface area (Å²) in [4.78, 5) is 2.48. The van der Waals surface area contributed by atoms with Crippen LogP contribution in [0.4, 0.5) is 0 Å². The Kier molecular flexibility index (Phi) is 4.04. The van der Waals surface area contributed by atoms with E-state index in [0.717, 1.165) is 25.9 Å². The molecule has 1 fully saturated rings. The van der Waals surface area contributed by atoms with E-state index in [1.165, 1.54) is 5.06 Å². The lowest BCUT2D eigenvalue weighted by molar-refractivity contribution is -0.294. The van der Waals surface area contributed by atoms with E-state index in [-0.39, 0.29) is 11.1 Å². The molecule has 0 saturated carbocycles. The maximum absolute atomic E-state index is 12.2. The van der Waals surface area contributed by atoms with Crippen molar-refractivity contribution in [3.05, 3.63) is 0 Å². The second-order valence-corrected chi connectivity index (χ2v) is 6.20. The molecule has 0 unspecified atom stereocenters. The molecule has 0 bridgehead atoms. The zero-order chi connectivity index (χ0) is 12.6. The van der Waals surface area contributed by atoms with Crippen molar-refractivity contribution in [1.82, 2.24) is 9.96 Å². The summed E-state index contributed by atoms with van der Waals surface area (Å²) in [5.41, 5.74) is -0.482. The molecule has 3 heteroatoms. The predicted molar refractivity (Wildman–Crippen MR) is 66.6 cm³/mol. The first-order valence-corrected chi connectivity index (χ1v) is 6.46. The Bertz CT molecular complexity index is 216. The van der Waals surface area contributed by atoms with Gasteiger partial charge in [-0.2, -0.15) is 0 Å². The van der Waals surface area contributed by atoms with Crippen LogP contribution in [0.3, 0.4) is 0 Å². The van der Waals surface area contributed by atoms with Gasteiger partial charge in [0.05, 0.1) is 0 Å². The number of hydroxylamine groups is 2. The standard InChI is InChI=1S/C13H27N2O/c1-7-14(8-2)11-9-12(3,4)15(16)13(5,6)10-11/h11H,7-10H2,1-6H3. The summed E-state index contributed by atoms with van der Waals surface area (Å²) in [5.74, 6) is 0. The van der Waals surface area contributed by atoms with Crippen LogP contribution in [0.15, 0.2) is 0 Å². The Balaban J connectivity index is 2.86. The highest BCUT2D eigenvalue weighted by atomic mass is 16.5. The van der Waals surface area contributed by atoms with Gasteiger partial charge in [0.1, 0.15) is 0 Å². The van der Waals surface area contributed by atoms with Crippen LogP contribution in [0.5, 0.6) is 0 Å². The molecule has 0 aromatic rings. The fourth-order valence-electron chi connectivity index (χ4n) is 3.21. The smallest absolute Gasteiger partial charge is 0.0458 e. The van der Waals surface area contributed by atoms with E-state index < -0.39 is 0 Å². The fraction of sp³-hybridized carbons (Fsp3) is 1.00. The molecule has 1 aliphatic rings. The molecule has 0 spiro atoms. The van der Waals surface area contributed by atoms with E-state index in [0.29, 0.717) is 6.04 Å². The minimum absolute atomic E-state index is 0.241. The van der Waals surface area contributed by atoms with E-state index in [1.807, 2.05) is 0 Å². The summed E-state index contributed by atoms with van der Waals surface area (Å²) in [5, 5.41) is 13.5. The van der Waals surface area contributed by atoms with Gasteiger partial charge >= 0.3 is 0 Å². The number of rotatable bonds is 3. The second-order valence-electron chi connectivity index (χ2n) is 6.20. The Hall–Kier alpha value is -0.120. The van der Waals surface area contributed by atoms with Crippen LogP contribution in [0.1, 0.15) is 54.4 Å². The van der Waals surface area contributed by atoms with Crippen LogP contribution in [-0.4, -0.2) is 40.2 Å². The van der Waals surface area contributed by atoms with Gasteiger partial charge in [-0.25, -0.2) is 0 Å². The van der Waals surface area contributed by atoms with Gasteiger partial charge in [0.2, 0.25) is 0 Å². The molecular weight excluding hydrogens is 200 g/mol. The molecule has 95 valence electrons. The first kappa shape index (κ1) is 13.9. The lowest BCUT2D eigenvalue weighted by Crippen LogP contribution is -2.62. The van der Waals surface area contributed by atoms with E-state index >= 15 is 0 Å². The molecule has 3 nitrogen and oxygen atoms in total. The van der Waals surface area contributed by atoms with Crippen LogP contribution in [0.2, 0.25) is 0 Å². The van der Waals surface area contributed by atoms with Crippen molar-refractivity contribution in [2.45, 2.75) is 71.5 Å². The first-order chi connectivity index (χ1) is 7.24. The maximum atomic E-state index is 12.2. The van der Waals surface area contributed by atoms with Gasteiger partial charge in [0.15, 0.2) is 0 Å². The van der Waals surface area contributed by atoms with Crippen molar-refractivity contribution in [2.24, 2.45) is 0 Å². The fourth-order valence-corrected chi connectivity index (χ4v) is 3.21. The topological polar surface area (TPSA) is 26.4 Å². The predicted octanol–water partition coefficient (Wildman–Crippen LogP) is 2.70. The second kappa shape index (κ2) is 4.63. The van der Waals surface area contributed by atoms with Gasteiger partial charge in [0.25, 0.3) is 0 Å². The number of piperidine rings is 1. The van der Waals surface area contributed by atoms with Gasteiger partial charge in [-0.1, -0.05) is 13.8 Å². The van der Waals surface area contributed by atoms with E-state index in [9.17, 15) is 5.21 Å². The number of hydrogen-bond acceptors (Lipinski definition) is 2. The Morgan fingerprint density at radius 1 is 1.06 bits per heavy atom. The Morgan fingerprint density at radius 2 is 1.44 bits per heavy atom. The average molecular weight is 227 g/mol. The quantitative estimate of drug-likeness (QED) is 0.741. The summed E-state index contributed by atoms with van der Waals surface area (Å²) < 4.78 is 0. The van der Waals surface area contributed by atoms with Crippen LogP contribution < -0.4 is 0 Å². The largest absolute Gasteiger partial charge is 0.301 e. The van der Waals surface area contributed by atoms with Crippen molar-refractivity contribution >= 4 is 0 Å². The summed E-state index contributed by atoms with van der Waals surface area (Å²) in [6, 6.07) is 0.546. The summed E-state index contributed by atoms with van der Waals surface area (Å²) in [7, 11) is 0. The lowest BCUT2D eigenvalue weighted by atomic mass is 9.78. The SMILES string of the molecule is CCN(CC)C1CC(C)(C)N([O])C(C)(C)C1. The molecule has 0 amide bonds. The van der Waals surface area contributed by atoms with Crippen LogP contribution in [0, 0.1) is 0 Å². The highest BCUT2D eigenvalue weighted by Crippen LogP contribution is 2.38. The molecule has 1 aliphatic heterocycles. The Labute approximate surface area is 100 Å². The van der Waals surface area contributed by atoms with Crippen LogP contribution in [-0.2, 0) is 5.21 Å². The van der Waals surface area contributed by atoms with Gasteiger partial charge in [-0.05, 0) is 53.6 Å². The van der Waals surface area contributed by atoms with E-state index in [2.05, 4.69) is 46.4 Å². The van der Waals surface area contributed by atoms with Crippen LogP contribution >= 0.6 is 0 Å². The van der Waals surface area contributed by atoms with Crippen molar-refractivity contribution < 1.29 is 5.21 Å².